The molecule has 0 spiro atoms. The Morgan fingerprint density at radius 3 is 1.87 bits per heavy atom. The molecule has 8 aromatic carbocycles. The Hall–Kier alpha value is -5.85. The van der Waals surface area contributed by atoms with E-state index in [-0.39, 0.29) is 0 Å². The Balaban J connectivity index is 1.07. The van der Waals surface area contributed by atoms with Gasteiger partial charge in [-0.15, -0.1) is 34.0 Å². The minimum Gasteiger partial charge on any atom is -0.310 e. The van der Waals surface area contributed by atoms with Crippen LogP contribution >= 0.6 is 34.0 Å². The second kappa shape index (κ2) is 11.9. The summed E-state index contributed by atoms with van der Waals surface area (Å²) >= 11 is 5.48. The number of thiophene rings is 2. The van der Waals surface area contributed by atoms with Crippen LogP contribution in [0.2, 0.25) is 0 Å². The first-order valence-corrected chi connectivity index (χ1v) is 19.8. The van der Waals surface area contributed by atoms with E-state index in [9.17, 15) is 0 Å². The van der Waals surface area contributed by atoms with Crippen molar-refractivity contribution < 1.29 is 0 Å². The quantitative estimate of drug-likeness (QED) is 0.176. The van der Waals surface area contributed by atoms with Gasteiger partial charge in [0.2, 0.25) is 0 Å². The molecule has 244 valence electrons. The summed E-state index contributed by atoms with van der Waals surface area (Å²) in [5.74, 6) is 0. The summed E-state index contributed by atoms with van der Waals surface area (Å²) in [4.78, 5) is 7.61. The van der Waals surface area contributed by atoms with Gasteiger partial charge in [0.25, 0.3) is 0 Å². The molecule has 3 heterocycles. The summed E-state index contributed by atoms with van der Waals surface area (Å²) < 4.78 is 6.35. The van der Waals surface area contributed by atoms with Crippen molar-refractivity contribution in [1.29, 1.82) is 0 Å². The molecule has 0 aliphatic rings. The van der Waals surface area contributed by atoms with Crippen LogP contribution in [-0.4, -0.2) is 4.98 Å². The third kappa shape index (κ3) is 4.78. The van der Waals surface area contributed by atoms with Gasteiger partial charge in [-0.2, -0.15) is 0 Å². The van der Waals surface area contributed by atoms with Crippen LogP contribution in [0.3, 0.4) is 0 Å². The van der Waals surface area contributed by atoms with E-state index in [1.165, 1.54) is 66.9 Å². The second-order valence-electron chi connectivity index (χ2n) is 13.1. The van der Waals surface area contributed by atoms with Crippen LogP contribution in [0.1, 0.15) is 0 Å². The summed E-state index contributed by atoms with van der Waals surface area (Å²) in [6.07, 6.45) is 0. The molecular weight excluding hydrogens is 689 g/mol. The lowest BCUT2D eigenvalue weighted by atomic mass is 9.98. The third-order valence-corrected chi connectivity index (χ3v) is 13.4. The van der Waals surface area contributed by atoms with E-state index in [4.69, 9.17) is 4.98 Å². The Morgan fingerprint density at radius 1 is 0.385 bits per heavy atom. The first-order chi connectivity index (χ1) is 25.7. The van der Waals surface area contributed by atoms with Gasteiger partial charge >= 0.3 is 0 Å². The molecule has 0 atom stereocenters. The van der Waals surface area contributed by atoms with Gasteiger partial charge in [-0.1, -0.05) is 115 Å². The van der Waals surface area contributed by atoms with E-state index in [0.29, 0.717) is 0 Å². The Labute approximate surface area is 312 Å². The minimum absolute atomic E-state index is 1.06. The summed E-state index contributed by atoms with van der Waals surface area (Å²) in [6.45, 7) is 0. The van der Waals surface area contributed by atoms with Crippen molar-refractivity contribution in [2.45, 2.75) is 0 Å². The number of aromatic nitrogens is 1. The van der Waals surface area contributed by atoms with Gasteiger partial charge in [-0.25, -0.2) is 4.98 Å². The fraction of sp³-hybridized carbons (Fsp3) is 0. The van der Waals surface area contributed by atoms with Crippen LogP contribution in [0.4, 0.5) is 17.1 Å². The van der Waals surface area contributed by atoms with Crippen molar-refractivity contribution in [3.05, 3.63) is 170 Å². The number of benzene rings is 8. The molecular formula is C47H28N2S3. The molecule has 2 nitrogen and oxygen atoms in total. The van der Waals surface area contributed by atoms with Crippen molar-refractivity contribution >= 4 is 112 Å². The summed E-state index contributed by atoms with van der Waals surface area (Å²) in [5, 5.41) is 8.71. The highest BCUT2D eigenvalue weighted by Crippen LogP contribution is 2.46. The summed E-state index contributed by atoms with van der Waals surface area (Å²) in [6, 6.07) is 61.9. The Bertz CT molecular complexity index is 3130. The molecule has 0 aliphatic carbocycles. The largest absolute Gasteiger partial charge is 0.310 e. The fourth-order valence-electron chi connectivity index (χ4n) is 7.65. The molecule has 52 heavy (non-hydrogen) atoms. The molecule has 3 aromatic heterocycles. The lowest BCUT2D eigenvalue weighted by Gasteiger charge is -2.26. The van der Waals surface area contributed by atoms with Crippen LogP contribution in [0, 0.1) is 0 Å². The lowest BCUT2D eigenvalue weighted by molar-refractivity contribution is 1.30. The fourth-order valence-corrected chi connectivity index (χ4v) is 10.9. The van der Waals surface area contributed by atoms with Crippen molar-refractivity contribution in [3.8, 4) is 21.7 Å². The van der Waals surface area contributed by atoms with Gasteiger partial charge < -0.3 is 4.90 Å². The molecule has 0 saturated carbocycles. The predicted molar refractivity (Wildman–Crippen MR) is 228 cm³/mol. The standard InChI is InChI=1S/C47H28N2S3/c1-2-10-31(11-3-1)47-48-46-42(52-47)26-25-41-45(46)39-24-22-34(28-44(39)51-41)49(33-21-23-38-37-14-6-7-16-40(37)50-43(38)27-33)32-19-17-30(18-20-32)36-15-8-12-29-9-4-5-13-35(29)36/h1-28H. The van der Waals surface area contributed by atoms with Crippen molar-refractivity contribution in [2.75, 3.05) is 4.90 Å². The molecule has 0 bridgehead atoms. The zero-order valence-corrected chi connectivity index (χ0v) is 30.2. The Kier molecular flexibility index (Phi) is 6.80. The summed E-state index contributed by atoms with van der Waals surface area (Å²) in [5.41, 5.74) is 8.12. The minimum atomic E-state index is 1.06. The smallest absolute Gasteiger partial charge is 0.124 e. The zero-order chi connectivity index (χ0) is 34.2. The molecule has 0 fully saturated rings. The number of hydrogen-bond acceptors (Lipinski definition) is 5. The molecule has 11 rings (SSSR count). The average Bonchev–Trinajstić information content (AvgIpc) is 3.91. The van der Waals surface area contributed by atoms with Gasteiger partial charge in [-0.3, -0.25) is 0 Å². The monoisotopic (exact) mass is 716 g/mol. The number of rotatable bonds is 5. The zero-order valence-electron chi connectivity index (χ0n) is 27.8. The highest BCUT2D eigenvalue weighted by Gasteiger charge is 2.19. The van der Waals surface area contributed by atoms with Crippen LogP contribution in [0.25, 0.3) is 83.0 Å². The van der Waals surface area contributed by atoms with E-state index in [1.807, 2.05) is 22.7 Å². The predicted octanol–water partition coefficient (Wildman–Crippen LogP) is 15.0. The molecule has 0 saturated heterocycles. The van der Waals surface area contributed by atoms with E-state index in [2.05, 4.69) is 175 Å². The van der Waals surface area contributed by atoms with Crippen molar-refractivity contribution in [1.82, 2.24) is 4.98 Å². The highest BCUT2D eigenvalue weighted by molar-refractivity contribution is 7.27. The number of hydrogen-bond donors (Lipinski definition) is 0. The maximum Gasteiger partial charge on any atom is 0.124 e. The summed E-state index contributed by atoms with van der Waals surface area (Å²) in [7, 11) is 0. The maximum absolute atomic E-state index is 5.20. The number of fused-ring (bicyclic) bond motifs is 9. The average molecular weight is 717 g/mol. The second-order valence-corrected chi connectivity index (χ2v) is 16.3. The van der Waals surface area contributed by atoms with Gasteiger partial charge in [0, 0.05) is 63.0 Å². The Morgan fingerprint density at radius 2 is 1.02 bits per heavy atom. The molecule has 0 amide bonds. The van der Waals surface area contributed by atoms with E-state index in [1.54, 1.807) is 11.3 Å². The highest BCUT2D eigenvalue weighted by atomic mass is 32.1. The van der Waals surface area contributed by atoms with Gasteiger partial charge in [-0.05, 0) is 76.5 Å². The molecule has 0 radical (unpaired) electrons. The molecule has 11 aromatic rings. The number of thiazole rings is 1. The topological polar surface area (TPSA) is 16.1 Å². The molecule has 5 heteroatoms. The van der Waals surface area contributed by atoms with Crippen molar-refractivity contribution in [2.24, 2.45) is 0 Å². The first kappa shape index (κ1) is 29.8. The van der Waals surface area contributed by atoms with Gasteiger partial charge in [0.15, 0.2) is 0 Å². The van der Waals surface area contributed by atoms with Crippen LogP contribution in [-0.2, 0) is 0 Å². The van der Waals surface area contributed by atoms with E-state index >= 15 is 0 Å². The maximum atomic E-state index is 5.20. The first-order valence-electron chi connectivity index (χ1n) is 17.4. The molecule has 0 aliphatic heterocycles. The third-order valence-electron chi connectivity index (χ3n) is 10.1. The van der Waals surface area contributed by atoms with Crippen molar-refractivity contribution in [3.63, 3.8) is 0 Å². The lowest BCUT2D eigenvalue weighted by Crippen LogP contribution is -2.09. The molecule has 0 unspecified atom stereocenters. The van der Waals surface area contributed by atoms with Crippen LogP contribution in [0.5, 0.6) is 0 Å². The van der Waals surface area contributed by atoms with Gasteiger partial charge in [0.1, 0.15) is 5.01 Å². The van der Waals surface area contributed by atoms with Crippen LogP contribution < -0.4 is 4.90 Å². The van der Waals surface area contributed by atoms with E-state index in [0.717, 1.165) is 33.1 Å². The molecule has 0 N–H and O–H groups in total. The van der Waals surface area contributed by atoms with Crippen LogP contribution in [0.15, 0.2) is 170 Å². The van der Waals surface area contributed by atoms with Gasteiger partial charge in [0.05, 0.1) is 10.2 Å². The van der Waals surface area contributed by atoms with E-state index < -0.39 is 0 Å². The number of anilines is 3. The normalized spacial score (nSPS) is 11.8. The number of nitrogens with zero attached hydrogens (tertiary/aromatic N) is 2. The SMILES string of the molecule is c1ccc(-c2nc3c(ccc4sc5cc(N(c6ccc(-c7cccc8ccccc78)cc6)c6ccc7c(c6)sc6ccccc67)ccc5c43)s2)cc1.